The van der Waals surface area contributed by atoms with E-state index in [1.807, 2.05) is 0 Å². The van der Waals surface area contributed by atoms with Crippen LogP contribution in [0.2, 0.25) is 5.02 Å². The van der Waals surface area contributed by atoms with Crippen molar-refractivity contribution in [3.8, 4) is 11.5 Å². The molecule has 0 fully saturated rings. The molecule has 1 aromatic heterocycles. The first kappa shape index (κ1) is 10.9. The van der Waals surface area contributed by atoms with Crippen molar-refractivity contribution in [3.63, 3.8) is 0 Å². The second-order valence-electron chi connectivity index (χ2n) is 3.19. The van der Waals surface area contributed by atoms with Crippen LogP contribution in [0.5, 0.6) is 0 Å². The third-order valence-corrected chi connectivity index (χ3v) is 2.42. The van der Waals surface area contributed by atoms with Gasteiger partial charge in [-0.2, -0.15) is 4.98 Å². The quantitative estimate of drug-likeness (QED) is 0.793. The Hall–Kier alpha value is -1.59. The van der Waals surface area contributed by atoms with E-state index in [1.54, 1.807) is 18.2 Å². The number of nitrogens with zero attached hydrogens (tertiary/aromatic N) is 2. The molecule has 0 bridgehead atoms. The zero-order valence-corrected chi connectivity index (χ0v) is 9.11. The van der Waals surface area contributed by atoms with Gasteiger partial charge in [0, 0.05) is 6.42 Å². The zero-order chi connectivity index (χ0) is 11.5. The summed E-state index contributed by atoms with van der Waals surface area (Å²) in [5.74, 6) is 0.750. The first-order valence-electron chi connectivity index (χ1n) is 4.70. The molecule has 2 aromatic rings. The highest BCUT2D eigenvalue weighted by atomic mass is 35.5. The van der Waals surface area contributed by atoms with Gasteiger partial charge in [-0.1, -0.05) is 22.8 Å². The number of rotatable bonds is 3. The predicted molar refractivity (Wildman–Crippen MR) is 59.9 cm³/mol. The number of aliphatic hydroxyl groups is 1. The lowest BCUT2D eigenvalue weighted by atomic mass is 10.2. The minimum atomic E-state index is -0.0238. The molecule has 1 aromatic carbocycles. The standard InChI is InChI=1S/C10H10ClN3O2/c11-7-3-1-2-6(9(7)12)10-13-8(4-5-15)14-16-10/h1-3,15H,4-5,12H2. The number of hydrogen-bond acceptors (Lipinski definition) is 5. The van der Waals surface area contributed by atoms with Gasteiger partial charge in [0.05, 0.1) is 22.9 Å². The maximum absolute atomic E-state index is 8.73. The molecule has 0 radical (unpaired) electrons. The molecular formula is C10H10ClN3O2. The van der Waals surface area contributed by atoms with Crippen molar-refractivity contribution in [2.45, 2.75) is 6.42 Å². The summed E-state index contributed by atoms with van der Waals surface area (Å²) in [5.41, 5.74) is 6.80. The fourth-order valence-corrected chi connectivity index (χ4v) is 1.46. The summed E-state index contributed by atoms with van der Waals surface area (Å²) >= 11 is 5.88. The minimum absolute atomic E-state index is 0.0238. The molecule has 0 aliphatic heterocycles. The van der Waals surface area contributed by atoms with Crippen LogP contribution in [0.15, 0.2) is 22.7 Å². The van der Waals surface area contributed by atoms with E-state index in [4.69, 9.17) is 27.0 Å². The molecule has 0 saturated carbocycles. The lowest BCUT2D eigenvalue weighted by Crippen LogP contribution is -1.94. The molecule has 84 valence electrons. The molecule has 0 aliphatic rings. The van der Waals surface area contributed by atoms with E-state index in [0.717, 1.165) is 0 Å². The topological polar surface area (TPSA) is 85.2 Å². The first-order chi connectivity index (χ1) is 7.72. The largest absolute Gasteiger partial charge is 0.397 e. The molecule has 0 amide bonds. The lowest BCUT2D eigenvalue weighted by Gasteiger charge is -2.01. The van der Waals surface area contributed by atoms with Gasteiger partial charge in [-0.05, 0) is 12.1 Å². The molecule has 2 rings (SSSR count). The molecule has 3 N–H and O–H groups in total. The second kappa shape index (κ2) is 4.51. The molecule has 0 aliphatic carbocycles. The van der Waals surface area contributed by atoms with Gasteiger partial charge < -0.3 is 15.4 Å². The number of nitrogens with two attached hydrogens (primary N) is 1. The van der Waals surface area contributed by atoms with Crippen LogP contribution >= 0.6 is 11.6 Å². The normalized spacial score (nSPS) is 10.6. The number of anilines is 1. The van der Waals surface area contributed by atoms with Crippen molar-refractivity contribution >= 4 is 17.3 Å². The van der Waals surface area contributed by atoms with E-state index in [0.29, 0.717) is 34.4 Å². The summed E-state index contributed by atoms with van der Waals surface area (Å²) < 4.78 is 5.03. The van der Waals surface area contributed by atoms with Gasteiger partial charge in [0.25, 0.3) is 5.89 Å². The number of aromatic nitrogens is 2. The van der Waals surface area contributed by atoms with Gasteiger partial charge in [0.1, 0.15) is 0 Å². The molecule has 5 nitrogen and oxygen atoms in total. The first-order valence-corrected chi connectivity index (χ1v) is 5.08. The Labute approximate surface area is 96.8 Å². The van der Waals surface area contributed by atoms with Crippen molar-refractivity contribution < 1.29 is 9.63 Å². The van der Waals surface area contributed by atoms with Crippen molar-refractivity contribution in [1.29, 1.82) is 0 Å². The van der Waals surface area contributed by atoms with E-state index in [-0.39, 0.29) is 6.61 Å². The number of benzene rings is 1. The van der Waals surface area contributed by atoms with E-state index < -0.39 is 0 Å². The summed E-state index contributed by atoms with van der Waals surface area (Å²) in [6.45, 7) is -0.0238. The van der Waals surface area contributed by atoms with Crippen LogP contribution in [0.1, 0.15) is 5.82 Å². The Bertz CT molecular complexity index is 499. The van der Waals surface area contributed by atoms with Crippen LogP contribution in [0.25, 0.3) is 11.5 Å². The summed E-state index contributed by atoms with van der Waals surface area (Å²) in [6, 6.07) is 5.19. The molecule has 0 spiro atoms. The fraction of sp³-hybridized carbons (Fsp3) is 0.200. The van der Waals surface area contributed by atoms with Crippen LogP contribution < -0.4 is 5.73 Å². The van der Waals surface area contributed by atoms with Crippen LogP contribution in [0, 0.1) is 0 Å². The molecule has 0 saturated heterocycles. The average Bonchev–Trinajstić information content (AvgIpc) is 2.71. The molecule has 16 heavy (non-hydrogen) atoms. The van der Waals surface area contributed by atoms with E-state index >= 15 is 0 Å². The Morgan fingerprint density at radius 1 is 1.44 bits per heavy atom. The van der Waals surface area contributed by atoms with Gasteiger partial charge in [-0.3, -0.25) is 0 Å². The van der Waals surface area contributed by atoms with Crippen molar-refractivity contribution in [1.82, 2.24) is 10.1 Å². The number of aliphatic hydroxyl groups excluding tert-OH is 1. The van der Waals surface area contributed by atoms with Gasteiger partial charge in [0.2, 0.25) is 0 Å². The summed E-state index contributed by atoms with van der Waals surface area (Å²) in [6.07, 6.45) is 0.351. The van der Waals surface area contributed by atoms with Crippen LogP contribution in [-0.4, -0.2) is 21.9 Å². The highest BCUT2D eigenvalue weighted by Crippen LogP contribution is 2.30. The number of hydrogen-bond donors (Lipinski definition) is 2. The zero-order valence-electron chi connectivity index (χ0n) is 8.35. The summed E-state index contributed by atoms with van der Waals surface area (Å²) in [5, 5.41) is 12.9. The highest BCUT2D eigenvalue weighted by Gasteiger charge is 2.12. The van der Waals surface area contributed by atoms with Gasteiger partial charge in [-0.25, -0.2) is 0 Å². The van der Waals surface area contributed by atoms with Gasteiger partial charge >= 0.3 is 0 Å². The van der Waals surface area contributed by atoms with Crippen molar-refractivity contribution in [2.75, 3.05) is 12.3 Å². The Morgan fingerprint density at radius 2 is 2.25 bits per heavy atom. The molecule has 6 heteroatoms. The minimum Gasteiger partial charge on any atom is -0.397 e. The SMILES string of the molecule is Nc1c(Cl)cccc1-c1nc(CCO)no1. The molecule has 0 atom stereocenters. The Morgan fingerprint density at radius 3 is 3.00 bits per heavy atom. The van der Waals surface area contributed by atoms with E-state index in [9.17, 15) is 0 Å². The average molecular weight is 240 g/mol. The van der Waals surface area contributed by atoms with E-state index in [2.05, 4.69) is 10.1 Å². The third kappa shape index (κ3) is 2.00. The van der Waals surface area contributed by atoms with Gasteiger partial charge in [0.15, 0.2) is 5.82 Å². The fourth-order valence-electron chi connectivity index (χ4n) is 1.29. The number of para-hydroxylation sites is 1. The third-order valence-electron chi connectivity index (χ3n) is 2.09. The second-order valence-corrected chi connectivity index (χ2v) is 3.60. The summed E-state index contributed by atoms with van der Waals surface area (Å²) in [7, 11) is 0. The molecular weight excluding hydrogens is 230 g/mol. The van der Waals surface area contributed by atoms with Crippen molar-refractivity contribution in [3.05, 3.63) is 29.0 Å². The monoisotopic (exact) mass is 239 g/mol. The van der Waals surface area contributed by atoms with Crippen LogP contribution in [0.4, 0.5) is 5.69 Å². The smallest absolute Gasteiger partial charge is 0.260 e. The Kier molecular flexibility index (Phi) is 3.07. The number of halogens is 1. The van der Waals surface area contributed by atoms with Gasteiger partial charge in [-0.15, -0.1) is 0 Å². The lowest BCUT2D eigenvalue weighted by molar-refractivity contribution is 0.293. The predicted octanol–water partition coefficient (Wildman–Crippen LogP) is 1.51. The Balaban J connectivity index is 2.39. The van der Waals surface area contributed by atoms with E-state index in [1.165, 1.54) is 0 Å². The molecule has 1 heterocycles. The van der Waals surface area contributed by atoms with Crippen LogP contribution in [0.3, 0.4) is 0 Å². The maximum Gasteiger partial charge on any atom is 0.260 e. The number of nitrogen functional groups attached to an aromatic ring is 1. The highest BCUT2D eigenvalue weighted by molar-refractivity contribution is 6.33. The maximum atomic E-state index is 8.73. The van der Waals surface area contributed by atoms with Crippen molar-refractivity contribution in [2.24, 2.45) is 0 Å². The summed E-state index contributed by atoms with van der Waals surface area (Å²) in [4.78, 5) is 4.10. The van der Waals surface area contributed by atoms with Crippen LogP contribution in [-0.2, 0) is 6.42 Å². The molecule has 0 unspecified atom stereocenters.